The fourth-order valence-corrected chi connectivity index (χ4v) is 1.17. The first kappa shape index (κ1) is 15.7. The molecule has 20 heavy (non-hydrogen) atoms. The van der Waals surface area contributed by atoms with Gasteiger partial charge in [-0.2, -0.15) is 18.3 Å². The average molecular weight is 291 g/mol. The van der Waals surface area contributed by atoms with Crippen LogP contribution in [0.3, 0.4) is 0 Å². The second-order valence-corrected chi connectivity index (χ2v) is 3.65. The molecule has 0 aliphatic rings. The van der Waals surface area contributed by atoms with Crippen molar-refractivity contribution in [2.24, 2.45) is 4.99 Å². The molecule has 1 heterocycles. The summed E-state index contributed by atoms with van der Waals surface area (Å²) >= 11 is 0. The van der Waals surface area contributed by atoms with Crippen molar-refractivity contribution in [1.29, 1.82) is 0 Å². The number of carbonyl (C=O) groups excluding carboxylic acids is 1. The third-order valence-electron chi connectivity index (χ3n) is 2.04. The minimum absolute atomic E-state index is 0.0688. The number of aliphatic imine (C=N–C) groups is 1. The highest BCUT2D eigenvalue weighted by molar-refractivity contribution is 6.10. The van der Waals surface area contributed by atoms with Gasteiger partial charge in [-0.15, -0.1) is 0 Å². The van der Waals surface area contributed by atoms with E-state index in [1.165, 1.54) is 13.0 Å². The molecule has 0 fully saturated rings. The van der Waals surface area contributed by atoms with Gasteiger partial charge in [0, 0.05) is 18.0 Å². The molecule has 0 spiro atoms. The summed E-state index contributed by atoms with van der Waals surface area (Å²) in [6.45, 7) is 2.96. The topological polar surface area (TPSA) is 87.6 Å². The van der Waals surface area contributed by atoms with E-state index in [1.54, 1.807) is 6.92 Å². The number of rotatable bonds is 4. The molecule has 2 N–H and O–H groups in total. The van der Waals surface area contributed by atoms with Gasteiger partial charge in [-0.1, -0.05) is 0 Å². The molecular weight excluding hydrogens is 279 g/mol. The summed E-state index contributed by atoms with van der Waals surface area (Å²) in [7, 11) is 0. The zero-order valence-corrected chi connectivity index (χ0v) is 10.7. The highest BCUT2D eigenvalue weighted by Crippen LogP contribution is 2.26. The molecular formula is C11H12F3N3O3. The standard InChI is InChI=1S/C11H12F3N3O3/c1-3-20-10(19)7(9(18)11(12,13)14)5-15-8-4-6(2)16-17-8/h4-5,18H,3H2,1-2H3,(H,16,17)/b9-7+,15-5?. The fourth-order valence-electron chi connectivity index (χ4n) is 1.17. The molecule has 0 bridgehead atoms. The Morgan fingerprint density at radius 1 is 1.60 bits per heavy atom. The van der Waals surface area contributed by atoms with Gasteiger partial charge in [0.25, 0.3) is 0 Å². The van der Waals surface area contributed by atoms with E-state index in [2.05, 4.69) is 19.9 Å². The van der Waals surface area contributed by atoms with E-state index in [0.29, 0.717) is 11.9 Å². The highest BCUT2D eigenvalue weighted by atomic mass is 19.4. The number of aliphatic hydroxyl groups is 1. The number of alkyl halides is 3. The molecule has 9 heteroatoms. The minimum Gasteiger partial charge on any atom is -0.504 e. The van der Waals surface area contributed by atoms with Gasteiger partial charge in [-0.25, -0.2) is 9.79 Å². The predicted octanol–water partition coefficient (Wildman–Crippen LogP) is 2.36. The maximum Gasteiger partial charge on any atom is 0.449 e. The van der Waals surface area contributed by atoms with Gasteiger partial charge in [-0.3, -0.25) is 5.10 Å². The van der Waals surface area contributed by atoms with Crippen LogP contribution in [0.2, 0.25) is 0 Å². The van der Waals surface area contributed by atoms with Crippen molar-refractivity contribution >= 4 is 18.0 Å². The van der Waals surface area contributed by atoms with Crippen LogP contribution in [0.15, 0.2) is 22.4 Å². The quantitative estimate of drug-likeness (QED) is 0.386. The number of ether oxygens (including phenoxy) is 1. The molecule has 110 valence electrons. The Morgan fingerprint density at radius 3 is 2.70 bits per heavy atom. The van der Waals surface area contributed by atoms with Gasteiger partial charge < -0.3 is 9.84 Å². The Morgan fingerprint density at radius 2 is 2.25 bits per heavy atom. The number of hydrogen-bond donors (Lipinski definition) is 2. The SMILES string of the molecule is CCOC(=O)/C(C=Nc1cc(C)[nH]n1)=C(/O)C(F)(F)F. The first-order valence-electron chi connectivity index (χ1n) is 5.49. The lowest BCUT2D eigenvalue weighted by Crippen LogP contribution is -2.20. The zero-order chi connectivity index (χ0) is 15.3. The second-order valence-electron chi connectivity index (χ2n) is 3.65. The summed E-state index contributed by atoms with van der Waals surface area (Å²) in [5.41, 5.74) is -0.445. The fraction of sp³-hybridized carbons (Fsp3) is 0.364. The van der Waals surface area contributed by atoms with E-state index in [-0.39, 0.29) is 12.4 Å². The number of aromatic nitrogens is 2. The van der Waals surface area contributed by atoms with Crippen LogP contribution in [-0.4, -0.2) is 40.3 Å². The van der Waals surface area contributed by atoms with Gasteiger partial charge in [0.2, 0.25) is 5.76 Å². The Bertz CT molecular complexity index is 547. The van der Waals surface area contributed by atoms with Gasteiger partial charge >= 0.3 is 12.1 Å². The molecule has 0 amide bonds. The number of carbonyl (C=O) groups is 1. The molecule has 1 rings (SSSR count). The lowest BCUT2D eigenvalue weighted by molar-refractivity contribution is -0.141. The zero-order valence-electron chi connectivity index (χ0n) is 10.7. The smallest absolute Gasteiger partial charge is 0.449 e. The number of allylic oxidation sites excluding steroid dienone is 1. The molecule has 1 aromatic rings. The van der Waals surface area contributed by atoms with E-state index >= 15 is 0 Å². The normalized spacial score (nSPS) is 13.4. The van der Waals surface area contributed by atoms with Crippen molar-refractivity contribution in [3.05, 3.63) is 23.1 Å². The first-order chi connectivity index (χ1) is 9.25. The van der Waals surface area contributed by atoms with Gasteiger partial charge in [-0.05, 0) is 13.8 Å². The lowest BCUT2D eigenvalue weighted by Gasteiger charge is -2.08. The van der Waals surface area contributed by atoms with E-state index < -0.39 is 23.5 Å². The molecule has 0 aliphatic carbocycles. The summed E-state index contributed by atoms with van der Waals surface area (Å²) in [5.74, 6) is -3.32. The van der Waals surface area contributed by atoms with Crippen LogP contribution in [0.1, 0.15) is 12.6 Å². The van der Waals surface area contributed by atoms with E-state index in [4.69, 9.17) is 5.11 Å². The van der Waals surface area contributed by atoms with Crippen molar-refractivity contribution in [2.45, 2.75) is 20.0 Å². The molecule has 6 nitrogen and oxygen atoms in total. The minimum atomic E-state index is -5.07. The molecule has 1 aromatic heterocycles. The number of hydrogen-bond acceptors (Lipinski definition) is 5. The van der Waals surface area contributed by atoms with Crippen molar-refractivity contribution in [1.82, 2.24) is 10.2 Å². The number of esters is 1. The number of aromatic amines is 1. The lowest BCUT2D eigenvalue weighted by atomic mass is 10.2. The van der Waals surface area contributed by atoms with Crippen LogP contribution in [0, 0.1) is 6.92 Å². The molecule has 0 saturated carbocycles. The van der Waals surface area contributed by atoms with Crippen molar-refractivity contribution in [3.8, 4) is 0 Å². The van der Waals surface area contributed by atoms with Crippen molar-refractivity contribution in [3.63, 3.8) is 0 Å². The molecule has 0 aromatic carbocycles. The summed E-state index contributed by atoms with van der Waals surface area (Å²) in [4.78, 5) is 15.0. The molecule has 0 radical (unpaired) electrons. The van der Waals surface area contributed by atoms with Crippen molar-refractivity contribution < 1.29 is 27.8 Å². The van der Waals surface area contributed by atoms with E-state index in [1.807, 2.05) is 0 Å². The number of nitrogens with zero attached hydrogens (tertiary/aromatic N) is 2. The maximum atomic E-state index is 12.4. The Kier molecular flexibility index (Phi) is 4.89. The highest BCUT2D eigenvalue weighted by Gasteiger charge is 2.38. The summed E-state index contributed by atoms with van der Waals surface area (Å²) in [5, 5.41) is 15.2. The third-order valence-corrected chi connectivity index (χ3v) is 2.04. The van der Waals surface area contributed by atoms with Crippen LogP contribution in [0.5, 0.6) is 0 Å². The van der Waals surface area contributed by atoms with Crippen molar-refractivity contribution in [2.75, 3.05) is 6.61 Å². The molecule has 0 atom stereocenters. The number of aryl methyl sites for hydroxylation is 1. The van der Waals surface area contributed by atoms with Crippen LogP contribution in [0.4, 0.5) is 19.0 Å². The molecule has 0 unspecified atom stereocenters. The summed E-state index contributed by atoms with van der Waals surface area (Å²) in [6, 6.07) is 1.45. The number of halogens is 3. The Labute approximate surface area is 112 Å². The van der Waals surface area contributed by atoms with Crippen LogP contribution >= 0.6 is 0 Å². The van der Waals surface area contributed by atoms with Crippen LogP contribution in [0.25, 0.3) is 0 Å². The average Bonchev–Trinajstić information content (AvgIpc) is 2.74. The van der Waals surface area contributed by atoms with Crippen LogP contribution in [-0.2, 0) is 9.53 Å². The van der Waals surface area contributed by atoms with E-state index in [9.17, 15) is 18.0 Å². The van der Waals surface area contributed by atoms with Gasteiger partial charge in [0.1, 0.15) is 5.57 Å². The molecule has 0 aliphatic heterocycles. The van der Waals surface area contributed by atoms with Crippen LogP contribution < -0.4 is 0 Å². The number of aliphatic hydroxyl groups excluding tert-OH is 1. The predicted molar refractivity (Wildman–Crippen MR) is 63.8 cm³/mol. The van der Waals surface area contributed by atoms with Gasteiger partial charge in [0.05, 0.1) is 6.61 Å². The summed E-state index contributed by atoms with van der Waals surface area (Å²) in [6.07, 6.45) is -4.51. The monoisotopic (exact) mass is 291 g/mol. The second kappa shape index (κ2) is 6.22. The van der Waals surface area contributed by atoms with Gasteiger partial charge in [0.15, 0.2) is 5.82 Å². The third kappa shape index (κ3) is 4.11. The number of nitrogens with one attached hydrogen (secondary N) is 1. The summed E-state index contributed by atoms with van der Waals surface area (Å²) < 4.78 is 41.7. The molecule has 0 saturated heterocycles. The maximum absolute atomic E-state index is 12.4. The Hall–Kier alpha value is -2.32. The first-order valence-corrected chi connectivity index (χ1v) is 5.49. The Balaban J connectivity index is 3.12. The largest absolute Gasteiger partial charge is 0.504 e. The van der Waals surface area contributed by atoms with E-state index in [0.717, 1.165) is 0 Å². The number of H-pyrrole nitrogens is 1.